The van der Waals surface area contributed by atoms with Gasteiger partial charge in [0.15, 0.2) is 0 Å². The molecule has 0 heterocycles. The van der Waals surface area contributed by atoms with Crippen LogP contribution >= 0.6 is 11.6 Å². The molecular formula is C14H22ClNO2. The van der Waals surface area contributed by atoms with Gasteiger partial charge < -0.3 is 14.8 Å². The number of hydrogen-bond donors (Lipinski definition) is 1. The topological polar surface area (TPSA) is 30.5 Å². The van der Waals surface area contributed by atoms with Gasteiger partial charge in [-0.3, -0.25) is 0 Å². The summed E-state index contributed by atoms with van der Waals surface area (Å²) in [5, 5.41) is 3.38. The Morgan fingerprint density at radius 3 is 2.28 bits per heavy atom. The van der Waals surface area contributed by atoms with Crippen molar-refractivity contribution in [2.75, 3.05) is 26.1 Å². The van der Waals surface area contributed by atoms with Crippen molar-refractivity contribution >= 4 is 11.6 Å². The van der Waals surface area contributed by atoms with Crippen molar-refractivity contribution in [1.29, 1.82) is 0 Å². The SMILES string of the molecule is COc1ccc(OCCNC(CCl)C(C)C)cc1. The Morgan fingerprint density at radius 2 is 1.78 bits per heavy atom. The summed E-state index contributed by atoms with van der Waals surface area (Å²) < 4.78 is 10.7. The largest absolute Gasteiger partial charge is 0.497 e. The van der Waals surface area contributed by atoms with Gasteiger partial charge in [0.2, 0.25) is 0 Å². The van der Waals surface area contributed by atoms with E-state index in [1.807, 2.05) is 24.3 Å². The molecule has 0 aromatic heterocycles. The highest BCUT2D eigenvalue weighted by Crippen LogP contribution is 2.16. The van der Waals surface area contributed by atoms with Crippen molar-refractivity contribution in [3.63, 3.8) is 0 Å². The van der Waals surface area contributed by atoms with Crippen LogP contribution in [0.2, 0.25) is 0 Å². The first-order chi connectivity index (χ1) is 8.67. The minimum absolute atomic E-state index is 0.339. The monoisotopic (exact) mass is 271 g/mol. The van der Waals surface area contributed by atoms with Crippen LogP contribution in [-0.2, 0) is 0 Å². The number of ether oxygens (including phenoxy) is 2. The van der Waals surface area contributed by atoms with E-state index in [2.05, 4.69) is 19.2 Å². The molecule has 18 heavy (non-hydrogen) atoms. The summed E-state index contributed by atoms with van der Waals surface area (Å²) in [6.45, 7) is 5.74. The van der Waals surface area contributed by atoms with E-state index in [-0.39, 0.29) is 0 Å². The molecule has 0 fully saturated rings. The van der Waals surface area contributed by atoms with E-state index >= 15 is 0 Å². The van der Waals surface area contributed by atoms with Gasteiger partial charge in [-0.15, -0.1) is 11.6 Å². The highest BCUT2D eigenvalue weighted by atomic mass is 35.5. The first kappa shape index (κ1) is 15.1. The Kier molecular flexibility index (Phi) is 6.91. The third kappa shape index (κ3) is 5.15. The van der Waals surface area contributed by atoms with E-state index in [9.17, 15) is 0 Å². The van der Waals surface area contributed by atoms with E-state index in [0.29, 0.717) is 24.4 Å². The van der Waals surface area contributed by atoms with Crippen LogP contribution in [0.15, 0.2) is 24.3 Å². The Labute approximate surface area is 114 Å². The van der Waals surface area contributed by atoms with Crippen molar-refractivity contribution < 1.29 is 9.47 Å². The molecule has 0 aliphatic carbocycles. The standard InChI is InChI=1S/C14H22ClNO2/c1-11(2)14(10-15)16-8-9-18-13-6-4-12(17-3)5-7-13/h4-7,11,14,16H,8-10H2,1-3H3. The van der Waals surface area contributed by atoms with Crippen molar-refractivity contribution in [2.24, 2.45) is 5.92 Å². The summed E-state index contributed by atoms with van der Waals surface area (Å²) in [5.41, 5.74) is 0. The lowest BCUT2D eigenvalue weighted by molar-refractivity contribution is 0.297. The molecule has 1 aromatic rings. The summed E-state index contributed by atoms with van der Waals surface area (Å²) in [6, 6.07) is 7.92. The molecule has 0 radical (unpaired) electrons. The van der Waals surface area contributed by atoms with Crippen molar-refractivity contribution in [3.8, 4) is 11.5 Å². The normalized spacial score (nSPS) is 12.5. The molecule has 0 aliphatic rings. The van der Waals surface area contributed by atoms with Gasteiger partial charge in [0.25, 0.3) is 0 Å². The van der Waals surface area contributed by atoms with E-state index in [1.54, 1.807) is 7.11 Å². The second kappa shape index (κ2) is 8.22. The summed E-state index contributed by atoms with van der Waals surface area (Å²) in [4.78, 5) is 0. The van der Waals surface area contributed by atoms with E-state index in [1.165, 1.54) is 0 Å². The molecule has 3 nitrogen and oxygen atoms in total. The molecule has 0 saturated heterocycles. The lowest BCUT2D eigenvalue weighted by Crippen LogP contribution is -2.37. The maximum absolute atomic E-state index is 5.87. The molecule has 0 amide bonds. The predicted molar refractivity (Wildman–Crippen MR) is 75.8 cm³/mol. The molecule has 102 valence electrons. The van der Waals surface area contributed by atoms with Gasteiger partial charge in [-0.1, -0.05) is 13.8 Å². The highest BCUT2D eigenvalue weighted by Gasteiger charge is 2.10. The number of benzene rings is 1. The smallest absolute Gasteiger partial charge is 0.119 e. The molecule has 0 saturated carbocycles. The molecule has 1 unspecified atom stereocenters. The molecule has 0 bridgehead atoms. The number of methoxy groups -OCH3 is 1. The van der Waals surface area contributed by atoms with Crippen LogP contribution in [0, 0.1) is 5.92 Å². The van der Waals surface area contributed by atoms with Crippen LogP contribution in [0.25, 0.3) is 0 Å². The molecule has 0 spiro atoms. The molecular weight excluding hydrogens is 250 g/mol. The number of hydrogen-bond acceptors (Lipinski definition) is 3. The van der Waals surface area contributed by atoms with Crippen molar-refractivity contribution in [1.82, 2.24) is 5.32 Å². The van der Waals surface area contributed by atoms with Crippen LogP contribution in [0.1, 0.15) is 13.8 Å². The zero-order chi connectivity index (χ0) is 13.4. The summed E-state index contributed by atoms with van der Waals surface area (Å²) in [6.07, 6.45) is 0. The maximum Gasteiger partial charge on any atom is 0.119 e. The third-order valence-electron chi connectivity index (χ3n) is 2.81. The lowest BCUT2D eigenvalue weighted by Gasteiger charge is -2.19. The maximum atomic E-state index is 5.87. The van der Waals surface area contributed by atoms with Crippen LogP contribution in [-0.4, -0.2) is 32.2 Å². The Bertz CT molecular complexity index is 327. The molecule has 1 rings (SSSR count). The minimum Gasteiger partial charge on any atom is -0.497 e. The van der Waals surface area contributed by atoms with Gasteiger partial charge in [-0.25, -0.2) is 0 Å². The second-order valence-electron chi connectivity index (χ2n) is 4.48. The van der Waals surface area contributed by atoms with E-state index < -0.39 is 0 Å². The number of halogens is 1. The summed E-state index contributed by atoms with van der Waals surface area (Å²) >= 11 is 5.87. The van der Waals surface area contributed by atoms with Gasteiger partial charge in [0.05, 0.1) is 7.11 Å². The van der Waals surface area contributed by atoms with Gasteiger partial charge in [-0.05, 0) is 30.2 Å². The fourth-order valence-electron chi connectivity index (χ4n) is 1.55. The molecule has 1 aromatic carbocycles. The lowest BCUT2D eigenvalue weighted by atomic mass is 10.1. The number of nitrogens with one attached hydrogen (secondary N) is 1. The Hall–Kier alpha value is -0.930. The summed E-state index contributed by atoms with van der Waals surface area (Å²) in [5.74, 6) is 2.84. The van der Waals surface area contributed by atoms with Gasteiger partial charge >= 0.3 is 0 Å². The van der Waals surface area contributed by atoms with E-state index in [0.717, 1.165) is 18.0 Å². The molecule has 1 atom stereocenters. The fourth-order valence-corrected chi connectivity index (χ4v) is 2.02. The first-order valence-corrected chi connectivity index (χ1v) is 6.77. The number of rotatable bonds is 8. The van der Waals surface area contributed by atoms with Crippen LogP contribution in [0.4, 0.5) is 0 Å². The minimum atomic E-state index is 0.339. The van der Waals surface area contributed by atoms with Crippen molar-refractivity contribution in [2.45, 2.75) is 19.9 Å². The Balaban J connectivity index is 2.24. The molecule has 1 N–H and O–H groups in total. The van der Waals surface area contributed by atoms with Crippen LogP contribution in [0.3, 0.4) is 0 Å². The summed E-state index contributed by atoms with van der Waals surface area (Å²) in [7, 11) is 1.65. The average Bonchev–Trinajstić information content (AvgIpc) is 2.39. The van der Waals surface area contributed by atoms with E-state index in [4.69, 9.17) is 21.1 Å². The first-order valence-electron chi connectivity index (χ1n) is 6.23. The predicted octanol–water partition coefficient (Wildman–Crippen LogP) is 2.93. The Morgan fingerprint density at radius 1 is 1.17 bits per heavy atom. The van der Waals surface area contributed by atoms with Crippen LogP contribution in [0.5, 0.6) is 11.5 Å². The van der Waals surface area contributed by atoms with Gasteiger partial charge in [0.1, 0.15) is 18.1 Å². The quantitative estimate of drug-likeness (QED) is 0.583. The third-order valence-corrected chi connectivity index (χ3v) is 3.14. The van der Waals surface area contributed by atoms with Crippen LogP contribution < -0.4 is 14.8 Å². The van der Waals surface area contributed by atoms with Crippen molar-refractivity contribution in [3.05, 3.63) is 24.3 Å². The zero-order valence-electron chi connectivity index (χ0n) is 11.3. The van der Waals surface area contributed by atoms with Gasteiger partial charge in [0, 0.05) is 18.5 Å². The highest BCUT2D eigenvalue weighted by molar-refractivity contribution is 6.18. The fraction of sp³-hybridized carbons (Fsp3) is 0.571. The second-order valence-corrected chi connectivity index (χ2v) is 4.79. The molecule has 4 heteroatoms. The number of alkyl halides is 1. The average molecular weight is 272 g/mol. The van der Waals surface area contributed by atoms with Gasteiger partial charge in [-0.2, -0.15) is 0 Å². The zero-order valence-corrected chi connectivity index (χ0v) is 12.0. The molecule has 0 aliphatic heterocycles.